The average Bonchev–Trinajstić information content (AvgIpc) is 2.47. The van der Waals surface area contributed by atoms with Crippen LogP contribution >= 0.6 is 0 Å². The summed E-state index contributed by atoms with van der Waals surface area (Å²) in [5.74, 6) is 0. The number of benzene rings is 1. The third-order valence-electron chi connectivity index (χ3n) is 3.78. The van der Waals surface area contributed by atoms with Gasteiger partial charge in [-0.2, -0.15) is 0 Å². The Morgan fingerprint density at radius 3 is 2.67 bits per heavy atom. The van der Waals surface area contributed by atoms with Crippen LogP contribution in [0.15, 0.2) is 29.2 Å². The third kappa shape index (κ3) is 4.18. The number of hydrogen-bond donors (Lipinski definition) is 3. The Bertz CT molecular complexity index is 560. The first-order valence-electron chi connectivity index (χ1n) is 7.58. The minimum Gasteiger partial charge on any atom is -0.391 e. The van der Waals surface area contributed by atoms with Crippen molar-refractivity contribution >= 4 is 15.7 Å². The Kier molecular flexibility index (Phi) is 5.61. The van der Waals surface area contributed by atoms with Gasteiger partial charge >= 0.3 is 0 Å². The summed E-state index contributed by atoms with van der Waals surface area (Å²) in [5, 5.41) is 13.1. The maximum atomic E-state index is 12.6. The van der Waals surface area contributed by atoms with E-state index in [1.54, 1.807) is 18.2 Å². The number of rotatable bonds is 6. The van der Waals surface area contributed by atoms with E-state index in [4.69, 9.17) is 0 Å². The van der Waals surface area contributed by atoms with Crippen molar-refractivity contribution in [3.8, 4) is 0 Å². The van der Waals surface area contributed by atoms with Crippen LogP contribution in [0.3, 0.4) is 0 Å². The lowest BCUT2D eigenvalue weighted by atomic mass is 9.93. The van der Waals surface area contributed by atoms with Crippen molar-refractivity contribution in [2.45, 2.75) is 56.1 Å². The number of aliphatic hydroxyl groups is 1. The fraction of sp³-hybridized carbons (Fsp3) is 0.600. The summed E-state index contributed by atoms with van der Waals surface area (Å²) in [5.41, 5.74) is 0.608. The predicted molar refractivity (Wildman–Crippen MR) is 83.8 cm³/mol. The Morgan fingerprint density at radius 1 is 1.24 bits per heavy atom. The highest BCUT2D eigenvalue weighted by atomic mass is 32.2. The molecule has 21 heavy (non-hydrogen) atoms. The summed E-state index contributed by atoms with van der Waals surface area (Å²) >= 11 is 0. The molecular weight excluding hydrogens is 288 g/mol. The van der Waals surface area contributed by atoms with Gasteiger partial charge in [0.15, 0.2) is 0 Å². The van der Waals surface area contributed by atoms with Crippen molar-refractivity contribution in [3.05, 3.63) is 24.3 Å². The minimum atomic E-state index is -3.63. The molecule has 1 aromatic rings. The van der Waals surface area contributed by atoms with E-state index >= 15 is 0 Å². The number of sulfonamides is 1. The maximum absolute atomic E-state index is 12.6. The summed E-state index contributed by atoms with van der Waals surface area (Å²) in [6.45, 7) is 2.75. The SMILES string of the molecule is CCCNc1ccccc1S(=O)(=O)NC1CCCCC1O. The molecule has 1 saturated carbocycles. The standard InChI is InChI=1S/C15H24N2O3S/c1-2-11-16-13-8-4-6-10-15(13)21(19,20)17-12-7-3-5-9-14(12)18/h4,6,8,10,12,14,16-18H,2-3,5,7,9,11H2,1H3. The van der Waals surface area contributed by atoms with E-state index in [1.807, 2.05) is 13.0 Å². The molecule has 0 amide bonds. The van der Waals surface area contributed by atoms with E-state index in [2.05, 4.69) is 10.0 Å². The van der Waals surface area contributed by atoms with Crippen LogP contribution < -0.4 is 10.0 Å². The molecule has 2 atom stereocenters. The first kappa shape index (κ1) is 16.3. The summed E-state index contributed by atoms with van der Waals surface area (Å²) in [6, 6.07) is 6.50. The van der Waals surface area contributed by atoms with Gasteiger partial charge in [-0.3, -0.25) is 0 Å². The molecule has 3 N–H and O–H groups in total. The summed E-state index contributed by atoms with van der Waals surface area (Å²) in [7, 11) is -3.63. The van der Waals surface area contributed by atoms with Gasteiger partial charge in [0, 0.05) is 12.6 Å². The molecule has 0 spiro atoms. The number of anilines is 1. The van der Waals surface area contributed by atoms with E-state index < -0.39 is 16.1 Å². The summed E-state index contributed by atoms with van der Waals surface area (Å²) < 4.78 is 27.8. The summed E-state index contributed by atoms with van der Waals surface area (Å²) in [4.78, 5) is 0.247. The fourth-order valence-electron chi connectivity index (χ4n) is 2.62. The highest BCUT2D eigenvalue weighted by molar-refractivity contribution is 7.89. The quantitative estimate of drug-likeness (QED) is 0.751. The van der Waals surface area contributed by atoms with E-state index in [0.717, 1.165) is 25.8 Å². The monoisotopic (exact) mass is 312 g/mol. The van der Waals surface area contributed by atoms with E-state index in [0.29, 0.717) is 18.5 Å². The highest BCUT2D eigenvalue weighted by Gasteiger charge is 2.29. The zero-order valence-electron chi connectivity index (χ0n) is 12.4. The van der Waals surface area contributed by atoms with Crippen molar-refractivity contribution < 1.29 is 13.5 Å². The second-order valence-corrected chi connectivity index (χ2v) is 7.18. The molecule has 0 bridgehead atoms. The molecule has 0 heterocycles. The lowest BCUT2D eigenvalue weighted by Crippen LogP contribution is -2.45. The highest BCUT2D eigenvalue weighted by Crippen LogP contribution is 2.24. The van der Waals surface area contributed by atoms with E-state index in [1.165, 1.54) is 0 Å². The van der Waals surface area contributed by atoms with Crippen molar-refractivity contribution in [2.24, 2.45) is 0 Å². The molecule has 118 valence electrons. The molecule has 0 saturated heterocycles. The molecule has 0 radical (unpaired) electrons. The first-order chi connectivity index (χ1) is 10.0. The topological polar surface area (TPSA) is 78.4 Å². The first-order valence-corrected chi connectivity index (χ1v) is 9.06. The van der Waals surface area contributed by atoms with Crippen LogP contribution in [-0.2, 0) is 10.0 Å². The Balaban J connectivity index is 2.18. The lowest BCUT2D eigenvalue weighted by molar-refractivity contribution is 0.101. The molecule has 6 heteroatoms. The fourth-order valence-corrected chi connectivity index (χ4v) is 4.11. The zero-order chi connectivity index (χ0) is 15.3. The van der Waals surface area contributed by atoms with Crippen LogP contribution in [0.2, 0.25) is 0 Å². The lowest BCUT2D eigenvalue weighted by Gasteiger charge is -2.28. The van der Waals surface area contributed by atoms with Crippen molar-refractivity contribution in [1.29, 1.82) is 0 Å². The molecule has 1 aliphatic carbocycles. The predicted octanol–water partition coefficient (Wildman–Crippen LogP) is 2.09. The van der Waals surface area contributed by atoms with Crippen molar-refractivity contribution in [1.82, 2.24) is 4.72 Å². The van der Waals surface area contributed by atoms with Crippen LogP contribution in [-0.4, -0.2) is 32.2 Å². The van der Waals surface area contributed by atoms with Gasteiger partial charge in [0.1, 0.15) is 4.90 Å². The van der Waals surface area contributed by atoms with Gasteiger partial charge in [0.05, 0.1) is 11.8 Å². The second kappa shape index (κ2) is 7.24. The van der Waals surface area contributed by atoms with Gasteiger partial charge in [-0.25, -0.2) is 13.1 Å². The molecular formula is C15H24N2O3S. The third-order valence-corrected chi connectivity index (χ3v) is 5.33. The van der Waals surface area contributed by atoms with Crippen LogP contribution in [0.4, 0.5) is 5.69 Å². The molecule has 0 aliphatic heterocycles. The Morgan fingerprint density at radius 2 is 1.95 bits per heavy atom. The number of hydrogen-bond acceptors (Lipinski definition) is 4. The van der Waals surface area contributed by atoms with Gasteiger partial charge in [0.2, 0.25) is 10.0 Å². The molecule has 5 nitrogen and oxygen atoms in total. The van der Waals surface area contributed by atoms with Crippen LogP contribution in [0.1, 0.15) is 39.0 Å². The van der Waals surface area contributed by atoms with Crippen LogP contribution in [0.5, 0.6) is 0 Å². The molecule has 1 aliphatic rings. The van der Waals surface area contributed by atoms with E-state index in [-0.39, 0.29) is 10.9 Å². The molecule has 0 aromatic heterocycles. The van der Waals surface area contributed by atoms with E-state index in [9.17, 15) is 13.5 Å². The van der Waals surface area contributed by atoms with Gasteiger partial charge in [-0.1, -0.05) is 31.9 Å². The maximum Gasteiger partial charge on any atom is 0.242 e. The van der Waals surface area contributed by atoms with Crippen LogP contribution in [0.25, 0.3) is 0 Å². The number of para-hydroxylation sites is 1. The van der Waals surface area contributed by atoms with Gasteiger partial charge in [-0.05, 0) is 31.4 Å². The largest absolute Gasteiger partial charge is 0.391 e. The minimum absolute atomic E-state index is 0.247. The zero-order valence-corrected chi connectivity index (χ0v) is 13.2. The van der Waals surface area contributed by atoms with Crippen molar-refractivity contribution in [2.75, 3.05) is 11.9 Å². The number of nitrogens with one attached hydrogen (secondary N) is 2. The molecule has 1 fully saturated rings. The van der Waals surface area contributed by atoms with Gasteiger partial charge in [0.25, 0.3) is 0 Å². The van der Waals surface area contributed by atoms with Gasteiger partial charge < -0.3 is 10.4 Å². The second-order valence-electron chi connectivity index (χ2n) is 5.50. The smallest absolute Gasteiger partial charge is 0.242 e. The molecule has 2 rings (SSSR count). The Hall–Kier alpha value is -1.11. The van der Waals surface area contributed by atoms with Crippen LogP contribution in [0, 0.1) is 0 Å². The average molecular weight is 312 g/mol. The van der Waals surface area contributed by atoms with Crippen molar-refractivity contribution in [3.63, 3.8) is 0 Å². The summed E-state index contributed by atoms with van der Waals surface area (Å²) in [6.07, 6.45) is 3.56. The molecule has 2 unspecified atom stereocenters. The normalized spacial score (nSPS) is 23.0. The Labute approximate surface area is 126 Å². The van der Waals surface area contributed by atoms with Gasteiger partial charge in [-0.15, -0.1) is 0 Å². The number of aliphatic hydroxyl groups excluding tert-OH is 1. The molecule has 1 aromatic carbocycles.